The highest BCUT2D eigenvalue weighted by Gasteiger charge is 2.28. The van der Waals surface area contributed by atoms with Crippen LogP contribution in [0.15, 0.2) is 0 Å². The predicted molar refractivity (Wildman–Crippen MR) is 95.9 cm³/mol. The predicted octanol–water partition coefficient (Wildman–Crippen LogP) is 3.16. The summed E-state index contributed by atoms with van der Waals surface area (Å²) in [6, 6.07) is 0. The van der Waals surface area contributed by atoms with E-state index in [-0.39, 0.29) is 24.7 Å². The van der Waals surface area contributed by atoms with Crippen molar-refractivity contribution >= 4 is 17.7 Å². The van der Waals surface area contributed by atoms with Gasteiger partial charge in [0.05, 0.1) is 24.5 Å². The van der Waals surface area contributed by atoms with Crippen LogP contribution in [-0.2, 0) is 9.47 Å². The Hall–Kier alpha value is -2.83. The van der Waals surface area contributed by atoms with Gasteiger partial charge in [-0.05, 0) is 52.7 Å². The molecule has 0 saturated carbocycles. The van der Waals surface area contributed by atoms with E-state index in [9.17, 15) is 14.4 Å². The van der Waals surface area contributed by atoms with Gasteiger partial charge in [0, 0.05) is 17.0 Å². The Balaban J connectivity index is 2.50. The van der Waals surface area contributed by atoms with E-state index in [4.69, 9.17) is 9.47 Å². The molecule has 0 unspecified atom stereocenters. The molecule has 0 fully saturated rings. The van der Waals surface area contributed by atoms with E-state index in [0.717, 1.165) is 0 Å². The van der Waals surface area contributed by atoms with Crippen LogP contribution in [0.5, 0.6) is 0 Å². The molecule has 0 bridgehead atoms. The second kappa shape index (κ2) is 7.59. The van der Waals surface area contributed by atoms with Gasteiger partial charge in [0.1, 0.15) is 5.69 Å². The monoisotopic (exact) mass is 360 g/mol. The summed E-state index contributed by atoms with van der Waals surface area (Å²) in [6.07, 6.45) is 0. The maximum atomic E-state index is 13.1. The summed E-state index contributed by atoms with van der Waals surface area (Å²) in [7, 11) is 0. The highest BCUT2D eigenvalue weighted by molar-refractivity contribution is 6.13. The number of aromatic nitrogens is 2. The van der Waals surface area contributed by atoms with Crippen LogP contribution in [0.3, 0.4) is 0 Å². The van der Waals surface area contributed by atoms with Crippen molar-refractivity contribution in [3.8, 4) is 0 Å². The molecular formula is C19H24N2O5. The Kier molecular flexibility index (Phi) is 5.69. The van der Waals surface area contributed by atoms with Crippen molar-refractivity contribution in [2.45, 2.75) is 41.5 Å². The number of ketones is 1. The fourth-order valence-electron chi connectivity index (χ4n) is 3.11. The van der Waals surface area contributed by atoms with E-state index in [0.29, 0.717) is 39.3 Å². The van der Waals surface area contributed by atoms with Gasteiger partial charge in [0.15, 0.2) is 0 Å². The molecule has 7 heteroatoms. The smallest absolute Gasteiger partial charge is 0.355 e. The Labute approximate surface area is 152 Å². The van der Waals surface area contributed by atoms with Gasteiger partial charge in [-0.3, -0.25) is 4.79 Å². The molecule has 0 radical (unpaired) electrons. The first-order chi connectivity index (χ1) is 12.2. The van der Waals surface area contributed by atoms with E-state index in [1.807, 2.05) is 0 Å². The van der Waals surface area contributed by atoms with Gasteiger partial charge in [0.25, 0.3) is 0 Å². The summed E-state index contributed by atoms with van der Waals surface area (Å²) in [6.45, 7) is 10.8. The van der Waals surface area contributed by atoms with Crippen LogP contribution in [-0.4, -0.2) is 40.9 Å². The van der Waals surface area contributed by atoms with Crippen LogP contribution in [0.4, 0.5) is 0 Å². The van der Waals surface area contributed by atoms with E-state index in [1.54, 1.807) is 41.5 Å². The second-order valence-electron chi connectivity index (χ2n) is 6.02. The third kappa shape index (κ3) is 3.29. The average molecular weight is 360 g/mol. The minimum atomic E-state index is -0.501. The van der Waals surface area contributed by atoms with E-state index in [1.165, 1.54) is 0 Å². The lowest BCUT2D eigenvalue weighted by molar-refractivity contribution is 0.0512. The zero-order valence-corrected chi connectivity index (χ0v) is 16.0. The van der Waals surface area contributed by atoms with Crippen LogP contribution < -0.4 is 0 Å². The summed E-state index contributed by atoms with van der Waals surface area (Å²) in [4.78, 5) is 43.2. The van der Waals surface area contributed by atoms with Crippen molar-refractivity contribution in [3.05, 3.63) is 45.0 Å². The van der Waals surface area contributed by atoms with E-state index < -0.39 is 11.9 Å². The lowest BCUT2D eigenvalue weighted by Crippen LogP contribution is -2.10. The maximum Gasteiger partial charge on any atom is 0.355 e. The normalized spacial score (nSPS) is 10.7. The minimum absolute atomic E-state index is 0.247. The standard InChI is InChI=1S/C19H24N2O5/c1-7-25-18(23)14-10(4)15(20-12(14)6)17(22)13-9(3)16(21-11(13)5)19(24)26-8-2/h20-21H,7-8H2,1-6H3. The first kappa shape index (κ1) is 19.5. The number of carbonyl (C=O) groups is 3. The number of aryl methyl sites for hydroxylation is 2. The average Bonchev–Trinajstić information content (AvgIpc) is 3.03. The lowest BCUT2D eigenvalue weighted by Gasteiger charge is -2.04. The molecule has 2 heterocycles. The van der Waals surface area contributed by atoms with Crippen molar-refractivity contribution in [3.63, 3.8) is 0 Å². The lowest BCUT2D eigenvalue weighted by atomic mass is 10.00. The van der Waals surface area contributed by atoms with Gasteiger partial charge in [-0.1, -0.05) is 0 Å². The van der Waals surface area contributed by atoms with Gasteiger partial charge >= 0.3 is 11.9 Å². The van der Waals surface area contributed by atoms with Crippen LogP contribution in [0, 0.1) is 27.7 Å². The van der Waals surface area contributed by atoms with Crippen LogP contribution in [0.25, 0.3) is 0 Å². The highest BCUT2D eigenvalue weighted by Crippen LogP contribution is 2.26. The van der Waals surface area contributed by atoms with E-state index in [2.05, 4.69) is 9.97 Å². The summed E-state index contributed by atoms with van der Waals surface area (Å²) < 4.78 is 10.1. The topological polar surface area (TPSA) is 101 Å². The molecule has 2 N–H and O–H groups in total. The zero-order chi connectivity index (χ0) is 19.6. The number of rotatable bonds is 6. The number of ether oxygens (including phenoxy) is 2. The third-order valence-electron chi connectivity index (χ3n) is 4.29. The number of aromatic amines is 2. The van der Waals surface area contributed by atoms with Crippen molar-refractivity contribution in [1.29, 1.82) is 0 Å². The largest absolute Gasteiger partial charge is 0.462 e. The van der Waals surface area contributed by atoms with E-state index >= 15 is 0 Å². The molecule has 0 aliphatic carbocycles. The number of nitrogens with one attached hydrogen (secondary N) is 2. The molecule has 2 aromatic rings. The van der Waals surface area contributed by atoms with Crippen molar-refractivity contribution in [2.24, 2.45) is 0 Å². The zero-order valence-electron chi connectivity index (χ0n) is 16.0. The van der Waals surface area contributed by atoms with Gasteiger partial charge in [-0.15, -0.1) is 0 Å². The summed E-state index contributed by atoms with van der Waals surface area (Å²) in [5.41, 5.74) is 3.53. The molecular weight excluding hydrogens is 336 g/mol. The number of carbonyl (C=O) groups excluding carboxylic acids is 3. The van der Waals surface area contributed by atoms with Gasteiger partial charge in [-0.2, -0.15) is 0 Å². The molecule has 26 heavy (non-hydrogen) atoms. The minimum Gasteiger partial charge on any atom is -0.462 e. The van der Waals surface area contributed by atoms with Gasteiger partial charge in [-0.25, -0.2) is 9.59 Å². The van der Waals surface area contributed by atoms with Crippen molar-refractivity contribution in [2.75, 3.05) is 13.2 Å². The maximum absolute atomic E-state index is 13.1. The summed E-state index contributed by atoms with van der Waals surface area (Å²) in [5, 5.41) is 0. The molecule has 0 atom stereocenters. The molecule has 0 amide bonds. The number of esters is 2. The molecule has 2 rings (SSSR count). The molecule has 7 nitrogen and oxygen atoms in total. The first-order valence-corrected chi connectivity index (χ1v) is 8.51. The molecule has 0 aromatic carbocycles. The molecule has 0 aliphatic rings. The van der Waals surface area contributed by atoms with Crippen molar-refractivity contribution < 1.29 is 23.9 Å². The second-order valence-corrected chi connectivity index (χ2v) is 6.02. The molecule has 0 aliphatic heterocycles. The van der Waals surface area contributed by atoms with Crippen LogP contribution in [0.2, 0.25) is 0 Å². The van der Waals surface area contributed by atoms with Crippen LogP contribution >= 0.6 is 0 Å². The third-order valence-corrected chi connectivity index (χ3v) is 4.29. The fraction of sp³-hybridized carbons (Fsp3) is 0.421. The molecule has 0 saturated heterocycles. The SMILES string of the molecule is CCOC(=O)c1[nH]c(C)c(C(=O)c2[nH]c(C)c(C(=O)OCC)c2C)c1C. The number of hydrogen-bond donors (Lipinski definition) is 2. The fourth-order valence-corrected chi connectivity index (χ4v) is 3.11. The quantitative estimate of drug-likeness (QED) is 0.609. The summed E-state index contributed by atoms with van der Waals surface area (Å²) >= 11 is 0. The number of H-pyrrole nitrogens is 2. The Morgan fingerprint density at radius 3 is 1.77 bits per heavy atom. The molecule has 2 aromatic heterocycles. The Bertz CT molecular complexity index is 873. The molecule has 0 spiro atoms. The van der Waals surface area contributed by atoms with Crippen molar-refractivity contribution in [1.82, 2.24) is 9.97 Å². The Morgan fingerprint density at radius 2 is 1.19 bits per heavy atom. The highest BCUT2D eigenvalue weighted by atomic mass is 16.5. The van der Waals surface area contributed by atoms with Gasteiger partial charge < -0.3 is 19.4 Å². The molecule has 140 valence electrons. The van der Waals surface area contributed by atoms with Crippen LogP contribution in [0.1, 0.15) is 73.3 Å². The summed E-state index contributed by atoms with van der Waals surface area (Å²) in [5.74, 6) is -1.26. The first-order valence-electron chi connectivity index (χ1n) is 8.51. The number of hydrogen-bond acceptors (Lipinski definition) is 5. The van der Waals surface area contributed by atoms with Gasteiger partial charge in [0.2, 0.25) is 5.78 Å². The Morgan fingerprint density at radius 1 is 0.731 bits per heavy atom.